The number of ether oxygens (including phenoxy) is 2. The Labute approximate surface area is 221 Å². The van der Waals surface area contributed by atoms with Gasteiger partial charge in [0.25, 0.3) is 5.56 Å². The van der Waals surface area contributed by atoms with E-state index in [4.69, 9.17) is 9.47 Å². The third-order valence-corrected chi connectivity index (χ3v) is 7.74. The van der Waals surface area contributed by atoms with Gasteiger partial charge >= 0.3 is 5.97 Å². The van der Waals surface area contributed by atoms with E-state index in [0.717, 1.165) is 20.4 Å². The number of rotatable bonds is 6. The van der Waals surface area contributed by atoms with E-state index in [1.807, 2.05) is 48.5 Å². The molecule has 0 fully saturated rings. The summed E-state index contributed by atoms with van der Waals surface area (Å²) in [4.78, 5) is 31.9. The molecule has 35 heavy (non-hydrogen) atoms. The van der Waals surface area contributed by atoms with Crippen molar-refractivity contribution in [3.8, 4) is 5.75 Å². The van der Waals surface area contributed by atoms with Gasteiger partial charge in [-0.15, -0.1) is 0 Å². The summed E-state index contributed by atoms with van der Waals surface area (Å²) in [5.41, 5.74) is 3.69. The van der Waals surface area contributed by atoms with Crippen LogP contribution in [0.4, 0.5) is 0 Å². The van der Waals surface area contributed by atoms with Crippen LogP contribution >= 0.6 is 33.9 Å². The maximum Gasteiger partial charge on any atom is 0.338 e. The number of esters is 1. The van der Waals surface area contributed by atoms with Crippen molar-refractivity contribution in [2.24, 2.45) is 4.99 Å². The third-order valence-electron chi connectivity index (χ3n) is 5.91. The van der Waals surface area contributed by atoms with Gasteiger partial charge in [0.15, 0.2) is 4.80 Å². The minimum atomic E-state index is -0.607. The molecule has 0 radical (unpaired) electrons. The van der Waals surface area contributed by atoms with E-state index in [9.17, 15) is 9.59 Å². The second kappa shape index (κ2) is 10.5. The van der Waals surface area contributed by atoms with E-state index in [1.54, 1.807) is 25.5 Å². The monoisotopic (exact) mass is 602 g/mol. The number of fused-ring (bicyclic) bond motifs is 1. The van der Waals surface area contributed by atoms with Crippen LogP contribution in [0.2, 0.25) is 0 Å². The lowest BCUT2D eigenvalue weighted by molar-refractivity contribution is -0.139. The molecule has 182 valence electrons. The maximum absolute atomic E-state index is 13.7. The first-order valence-electron chi connectivity index (χ1n) is 11.4. The molecule has 0 amide bonds. The van der Waals surface area contributed by atoms with E-state index in [-0.39, 0.29) is 12.2 Å². The van der Waals surface area contributed by atoms with Crippen LogP contribution < -0.4 is 19.6 Å². The molecule has 1 atom stereocenters. The Morgan fingerprint density at radius 3 is 2.54 bits per heavy atom. The second-order valence-electron chi connectivity index (χ2n) is 8.52. The minimum absolute atomic E-state index is 0.188. The third kappa shape index (κ3) is 4.99. The van der Waals surface area contributed by atoms with Crippen LogP contribution in [0.3, 0.4) is 0 Å². The quantitative estimate of drug-likeness (QED) is 0.307. The van der Waals surface area contributed by atoms with Crippen LogP contribution in [0.25, 0.3) is 6.08 Å². The van der Waals surface area contributed by atoms with Crippen LogP contribution in [0.5, 0.6) is 5.75 Å². The number of halogens is 1. The molecule has 0 spiro atoms. The van der Waals surface area contributed by atoms with E-state index in [1.165, 1.54) is 16.9 Å². The summed E-state index contributed by atoms with van der Waals surface area (Å²) in [6.07, 6.45) is 1.85. The Hall–Kier alpha value is -2.72. The summed E-state index contributed by atoms with van der Waals surface area (Å²) >= 11 is 3.53. The molecule has 0 aliphatic carbocycles. The van der Waals surface area contributed by atoms with Crippen molar-refractivity contribution < 1.29 is 14.3 Å². The van der Waals surface area contributed by atoms with Crippen molar-refractivity contribution >= 4 is 46.0 Å². The second-order valence-corrected chi connectivity index (χ2v) is 10.7. The molecular formula is C27H27IN2O4S. The first-order chi connectivity index (χ1) is 16.7. The number of hydrogen-bond donors (Lipinski definition) is 0. The Bertz CT molecular complexity index is 1480. The fraction of sp³-hybridized carbons (Fsp3) is 0.296. The molecule has 3 aromatic rings. The van der Waals surface area contributed by atoms with Crippen molar-refractivity contribution in [1.82, 2.24) is 4.57 Å². The van der Waals surface area contributed by atoms with Gasteiger partial charge in [0.05, 0.1) is 39.1 Å². The van der Waals surface area contributed by atoms with E-state index in [2.05, 4.69) is 41.4 Å². The molecule has 4 rings (SSSR count). The number of nitrogens with zero attached hydrogens (tertiary/aromatic N) is 2. The Kier molecular flexibility index (Phi) is 7.61. The zero-order valence-corrected chi connectivity index (χ0v) is 23.3. The molecule has 1 unspecified atom stereocenters. The van der Waals surface area contributed by atoms with Crippen LogP contribution in [0, 0.1) is 3.57 Å². The Morgan fingerprint density at radius 1 is 1.23 bits per heavy atom. The molecule has 1 aromatic heterocycles. The molecule has 0 N–H and O–H groups in total. The van der Waals surface area contributed by atoms with Crippen molar-refractivity contribution in [2.75, 3.05) is 13.7 Å². The standard InChI is InChI=1S/C27H27IN2O4S/c1-6-34-26(32)23-16(4)29-27-30(24(23)19-10-8-18(9-11-19)15(2)3)25(31)22(35-27)14-17-7-12-21(33-5)20(28)13-17/h7-15,24H,6H2,1-5H3/b22-14-. The fourth-order valence-electron chi connectivity index (χ4n) is 4.09. The summed E-state index contributed by atoms with van der Waals surface area (Å²) in [7, 11) is 1.63. The number of carbonyl (C=O) groups is 1. The van der Waals surface area contributed by atoms with Crippen molar-refractivity contribution in [2.45, 2.75) is 39.7 Å². The van der Waals surface area contributed by atoms with Crippen LogP contribution in [0.15, 0.2) is 63.5 Å². The highest BCUT2D eigenvalue weighted by Crippen LogP contribution is 2.31. The van der Waals surface area contributed by atoms with Crippen molar-refractivity contribution in [3.63, 3.8) is 0 Å². The van der Waals surface area contributed by atoms with Gasteiger partial charge < -0.3 is 9.47 Å². The van der Waals surface area contributed by atoms with Crippen LogP contribution in [0.1, 0.15) is 56.3 Å². The molecule has 0 saturated heterocycles. The number of methoxy groups -OCH3 is 1. The number of aromatic nitrogens is 1. The SMILES string of the molecule is CCOC(=O)C1=C(C)N=c2s/c(=C\c3ccc(OC)c(I)c3)c(=O)n2C1c1ccc(C(C)C)cc1. The van der Waals surface area contributed by atoms with Gasteiger partial charge in [-0.25, -0.2) is 9.79 Å². The number of hydrogen-bond acceptors (Lipinski definition) is 6. The van der Waals surface area contributed by atoms with Gasteiger partial charge in [0.2, 0.25) is 0 Å². The number of allylic oxidation sites excluding steroid dienone is 1. The van der Waals surface area contributed by atoms with E-state index >= 15 is 0 Å². The largest absolute Gasteiger partial charge is 0.496 e. The summed E-state index contributed by atoms with van der Waals surface area (Å²) < 4.78 is 13.8. The molecule has 6 nitrogen and oxygen atoms in total. The number of benzene rings is 2. The smallest absolute Gasteiger partial charge is 0.338 e. The molecule has 2 aromatic carbocycles. The fourth-order valence-corrected chi connectivity index (χ4v) is 5.90. The number of thiazole rings is 1. The van der Waals surface area contributed by atoms with E-state index < -0.39 is 12.0 Å². The van der Waals surface area contributed by atoms with Crippen molar-refractivity contribution in [1.29, 1.82) is 0 Å². The molecular weight excluding hydrogens is 575 g/mol. The molecule has 8 heteroatoms. The van der Waals surface area contributed by atoms with Gasteiger partial charge in [-0.05, 0) is 77.3 Å². The lowest BCUT2D eigenvalue weighted by atomic mass is 9.93. The highest BCUT2D eigenvalue weighted by Gasteiger charge is 2.33. The van der Waals surface area contributed by atoms with Gasteiger partial charge in [-0.3, -0.25) is 9.36 Å². The van der Waals surface area contributed by atoms with Gasteiger partial charge in [0.1, 0.15) is 5.75 Å². The average molecular weight is 602 g/mol. The van der Waals surface area contributed by atoms with Crippen molar-refractivity contribution in [3.05, 3.63) is 93.7 Å². The van der Waals surface area contributed by atoms with Gasteiger partial charge in [-0.2, -0.15) is 0 Å². The zero-order valence-electron chi connectivity index (χ0n) is 20.3. The molecule has 1 aliphatic heterocycles. The van der Waals surface area contributed by atoms with Gasteiger partial charge in [-0.1, -0.05) is 55.5 Å². The summed E-state index contributed by atoms with van der Waals surface area (Å²) in [5.74, 6) is 0.703. The first-order valence-corrected chi connectivity index (χ1v) is 13.3. The minimum Gasteiger partial charge on any atom is -0.496 e. The average Bonchev–Trinajstić information content (AvgIpc) is 3.12. The normalized spacial score (nSPS) is 15.7. The lowest BCUT2D eigenvalue weighted by Gasteiger charge is -2.25. The van der Waals surface area contributed by atoms with Gasteiger partial charge in [0, 0.05) is 0 Å². The van der Waals surface area contributed by atoms with Crippen LogP contribution in [-0.4, -0.2) is 24.3 Å². The summed E-state index contributed by atoms with van der Waals surface area (Å²) in [6, 6.07) is 13.2. The topological polar surface area (TPSA) is 69.9 Å². The Morgan fingerprint density at radius 2 is 1.94 bits per heavy atom. The number of carbonyl (C=O) groups excluding carboxylic acids is 1. The molecule has 2 heterocycles. The maximum atomic E-state index is 13.7. The van der Waals surface area contributed by atoms with Crippen LogP contribution in [-0.2, 0) is 9.53 Å². The molecule has 0 bridgehead atoms. The molecule has 1 aliphatic rings. The van der Waals surface area contributed by atoms with E-state index in [0.29, 0.717) is 26.5 Å². The predicted octanol–water partition coefficient (Wildman–Crippen LogP) is 4.53. The molecule has 0 saturated carbocycles. The first kappa shape index (κ1) is 25.4. The lowest BCUT2D eigenvalue weighted by Crippen LogP contribution is -2.39. The zero-order chi connectivity index (χ0) is 25.3. The summed E-state index contributed by atoms with van der Waals surface area (Å²) in [6.45, 7) is 8.07. The highest BCUT2D eigenvalue weighted by atomic mass is 127. The Balaban J connectivity index is 1.91. The highest BCUT2D eigenvalue weighted by molar-refractivity contribution is 14.1. The summed E-state index contributed by atoms with van der Waals surface area (Å²) in [5, 5.41) is 0. The predicted molar refractivity (Wildman–Crippen MR) is 147 cm³/mol.